The molecule has 2 rings (SSSR count). The van der Waals surface area contributed by atoms with E-state index in [1.165, 1.54) is 29.1 Å². The summed E-state index contributed by atoms with van der Waals surface area (Å²) in [5.41, 5.74) is 0.421. The zero-order chi connectivity index (χ0) is 13.8. The van der Waals surface area contributed by atoms with Gasteiger partial charge in [-0.2, -0.15) is 0 Å². The summed E-state index contributed by atoms with van der Waals surface area (Å²) in [4.78, 5) is 30.5. The molecule has 2 heterocycles. The standard InChI is InChI=1S/C12H12N4O3/c1-16-5-4-14-10(11(16)17)15-7-9-6-8(12(18)19)2-3-13-9/h2-6H,7H2,1H3,(H,14,15)(H,18,19). The maximum atomic E-state index is 11.7. The van der Waals surface area contributed by atoms with Crippen molar-refractivity contribution in [2.24, 2.45) is 7.05 Å². The van der Waals surface area contributed by atoms with E-state index in [-0.39, 0.29) is 23.5 Å². The number of anilines is 1. The molecular formula is C12H12N4O3. The van der Waals surface area contributed by atoms with Crippen molar-refractivity contribution in [3.8, 4) is 0 Å². The van der Waals surface area contributed by atoms with Crippen LogP contribution in [0.25, 0.3) is 0 Å². The second kappa shape index (κ2) is 5.30. The van der Waals surface area contributed by atoms with Gasteiger partial charge in [0.25, 0.3) is 5.56 Å². The number of nitrogens with zero attached hydrogens (tertiary/aromatic N) is 3. The van der Waals surface area contributed by atoms with Gasteiger partial charge < -0.3 is 15.0 Å². The Hall–Kier alpha value is -2.70. The third-order valence-corrected chi connectivity index (χ3v) is 2.52. The minimum Gasteiger partial charge on any atom is -0.478 e. The normalized spacial score (nSPS) is 10.2. The maximum Gasteiger partial charge on any atom is 0.335 e. The van der Waals surface area contributed by atoms with Gasteiger partial charge >= 0.3 is 5.97 Å². The number of rotatable bonds is 4. The third-order valence-electron chi connectivity index (χ3n) is 2.52. The number of hydrogen-bond donors (Lipinski definition) is 2. The number of nitrogens with one attached hydrogen (secondary N) is 1. The van der Waals surface area contributed by atoms with E-state index in [1.807, 2.05) is 0 Å². The van der Waals surface area contributed by atoms with Gasteiger partial charge in [-0.3, -0.25) is 9.78 Å². The highest BCUT2D eigenvalue weighted by molar-refractivity contribution is 5.87. The molecule has 0 spiro atoms. The molecule has 0 unspecified atom stereocenters. The molecule has 0 radical (unpaired) electrons. The third kappa shape index (κ3) is 2.95. The van der Waals surface area contributed by atoms with Gasteiger partial charge in [0.05, 0.1) is 17.8 Å². The van der Waals surface area contributed by atoms with Crippen LogP contribution in [0.4, 0.5) is 5.82 Å². The van der Waals surface area contributed by atoms with E-state index in [0.717, 1.165) is 0 Å². The van der Waals surface area contributed by atoms with Crippen LogP contribution < -0.4 is 10.9 Å². The fourth-order valence-corrected chi connectivity index (χ4v) is 1.50. The van der Waals surface area contributed by atoms with Crippen molar-refractivity contribution in [2.45, 2.75) is 6.54 Å². The first-order valence-electron chi connectivity index (χ1n) is 5.51. The Balaban J connectivity index is 2.15. The number of pyridine rings is 1. The van der Waals surface area contributed by atoms with Crippen molar-refractivity contribution in [3.05, 3.63) is 52.3 Å². The van der Waals surface area contributed by atoms with Gasteiger partial charge in [0.2, 0.25) is 0 Å². The van der Waals surface area contributed by atoms with Crippen LogP contribution in [-0.2, 0) is 13.6 Å². The van der Waals surface area contributed by atoms with Crippen molar-refractivity contribution in [2.75, 3.05) is 5.32 Å². The van der Waals surface area contributed by atoms with E-state index in [4.69, 9.17) is 5.11 Å². The first kappa shape index (κ1) is 12.7. The second-order valence-corrected chi connectivity index (χ2v) is 3.89. The molecule has 0 aliphatic heterocycles. The summed E-state index contributed by atoms with van der Waals surface area (Å²) in [6.45, 7) is 0.230. The molecule has 0 atom stereocenters. The van der Waals surface area contributed by atoms with E-state index >= 15 is 0 Å². The van der Waals surface area contributed by atoms with E-state index in [9.17, 15) is 9.59 Å². The summed E-state index contributed by atoms with van der Waals surface area (Å²) in [5, 5.41) is 11.7. The van der Waals surface area contributed by atoms with E-state index in [0.29, 0.717) is 5.69 Å². The van der Waals surface area contributed by atoms with Gasteiger partial charge in [0.1, 0.15) is 0 Å². The average Bonchev–Trinajstić information content (AvgIpc) is 2.41. The molecule has 0 fully saturated rings. The van der Waals surface area contributed by atoms with Crippen molar-refractivity contribution < 1.29 is 9.90 Å². The van der Waals surface area contributed by atoms with Crippen molar-refractivity contribution in [3.63, 3.8) is 0 Å². The molecule has 98 valence electrons. The molecule has 0 saturated heterocycles. The lowest BCUT2D eigenvalue weighted by atomic mass is 10.2. The SMILES string of the molecule is Cn1ccnc(NCc2cc(C(=O)O)ccn2)c1=O. The van der Waals surface area contributed by atoms with Crippen LogP contribution >= 0.6 is 0 Å². The summed E-state index contributed by atoms with van der Waals surface area (Å²) < 4.78 is 1.40. The highest BCUT2D eigenvalue weighted by atomic mass is 16.4. The molecule has 0 aliphatic carbocycles. The van der Waals surface area contributed by atoms with Gasteiger partial charge in [-0.05, 0) is 12.1 Å². The molecule has 0 aromatic carbocycles. The first-order valence-corrected chi connectivity index (χ1v) is 5.51. The first-order chi connectivity index (χ1) is 9.08. The molecule has 0 aliphatic rings. The number of aromatic carboxylic acids is 1. The van der Waals surface area contributed by atoms with Crippen LogP contribution in [0.5, 0.6) is 0 Å². The molecule has 7 heteroatoms. The molecule has 2 aromatic heterocycles. The number of hydrogen-bond acceptors (Lipinski definition) is 5. The second-order valence-electron chi connectivity index (χ2n) is 3.89. The fourth-order valence-electron chi connectivity index (χ4n) is 1.50. The fraction of sp³-hybridized carbons (Fsp3) is 0.167. The summed E-state index contributed by atoms with van der Waals surface area (Å²) in [7, 11) is 1.62. The highest BCUT2D eigenvalue weighted by Gasteiger charge is 2.06. The molecule has 2 aromatic rings. The molecule has 2 N–H and O–H groups in total. The average molecular weight is 260 g/mol. The number of aryl methyl sites for hydroxylation is 1. The quantitative estimate of drug-likeness (QED) is 0.830. The number of carboxylic acid groups (broad SMARTS) is 1. The van der Waals surface area contributed by atoms with E-state index in [1.54, 1.807) is 13.2 Å². The van der Waals surface area contributed by atoms with Gasteiger partial charge in [0, 0.05) is 25.6 Å². The van der Waals surface area contributed by atoms with E-state index in [2.05, 4.69) is 15.3 Å². The van der Waals surface area contributed by atoms with Crippen molar-refractivity contribution >= 4 is 11.8 Å². The minimum atomic E-state index is -1.02. The number of carbonyl (C=O) groups is 1. The lowest BCUT2D eigenvalue weighted by Crippen LogP contribution is -2.22. The molecule has 0 saturated carbocycles. The summed E-state index contributed by atoms with van der Waals surface area (Å²) >= 11 is 0. The summed E-state index contributed by atoms with van der Waals surface area (Å²) in [6, 6.07) is 2.86. The van der Waals surface area contributed by atoms with Crippen molar-refractivity contribution in [1.29, 1.82) is 0 Å². The zero-order valence-corrected chi connectivity index (χ0v) is 10.2. The van der Waals surface area contributed by atoms with Crippen LogP contribution in [0.2, 0.25) is 0 Å². The summed E-state index contributed by atoms with van der Waals surface area (Å²) in [6.07, 6.45) is 4.47. The van der Waals surface area contributed by atoms with Crippen LogP contribution in [0.3, 0.4) is 0 Å². The monoisotopic (exact) mass is 260 g/mol. The van der Waals surface area contributed by atoms with Crippen LogP contribution in [-0.4, -0.2) is 25.6 Å². The van der Waals surface area contributed by atoms with Crippen LogP contribution in [0.1, 0.15) is 16.1 Å². The Morgan fingerprint density at radius 2 is 2.21 bits per heavy atom. The lowest BCUT2D eigenvalue weighted by Gasteiger charge is -2.06. The topological polar surface area (TPSA) is 97.1 Å². The predicted molar refractivity (Wildman–Crippen MR) is 68.0 cm³/mol. The summed E-state index contributed by atoms with van der Waals surface area (Å²) in [5.74, 6) is -0.815. The zero-order valence-electron chi connectivity index (χ0n) is 10.2. The molecule has 0 amide bonds. The smallest absolute Gasteiger partial charge is 0.335 e. The van der Waals surface area contributed by atoms with Gasteiger partial charge in [-0.15, -0.1) is 0 Å². The van der Waals surface area contributed by atoms with Crippen LogP contribution in [0, 0.1) is 0 Å². The Kier molecular flexibility index (Phi) is 3.56. The Morgan fingerprint density at radius 3 is 2.95 bits per heavy atom. The number of carboxylic acids is 1. The van der Waals surface area contributed by atoms with Gasteiger partial charge in [-0.1, -0.05) is 0 Å². The molecule has 19 heavy (non-hydrogen) atoms. The molecular weight excluding hydrogens is 248 g/mol. The van der Waals surface area contributed by atoms with Crippen molar-refractivity contribution in [1.82, 2.24) is 14.5 Å². The van der Waals surface area contributed by atoms with Gasteiger partial charge in [-0.25, -0.2) is 9.78 Å². The maximum absolute atomic E-state index is 11.7. The minimum absolute atomic E-state index is 0.153. The van der Waals surface area contributed by atoms with Crippen LogP contribution in [0.15, 0.2) is 35.5 Å². The van der Waals surface area contributed by atoms with E-state index < -0.39 is 5.97 Å². The molecule has 0 bridgehead atoms. The predicted octanol–water partition coefficient (Wildman–Crippen LogP) is 0.486. The largest absolute Gasteiger partial charge is 0.478 e. The Labute approximate surface area is 108 Å². The van der Waals surface area contributed by atoms with Gasteiger partial charge in [0.15, 0.2) is 5.82 Å². The lowest BCUT2D eigenvalue weighted by molar-refractivity contribution is 0.0696. The Morgan fingerprint density at radius 1 is 1.42 bits per heavy atom. The Bertz CT molecular complexity index is 666. The highest BCUT2D eigenvalue weighted by Crippen LogP contribution is 2.03. The number of aromatic nitrogens is 3. The molecule has 7 nitrogen and oxygen atoms in total.